The molecule has 3 rings (SSSR count). The van der Waals surface area contributed by atoms with Crippen molar-refractivity contribution in [2.75, 3.05) is 27.3 Å². The number of carbonyl (C=O) groups excluding carboxylic acids is 2. The van der Waals surface area contributed by atoms with E-state index in [0.717, 1.165) is 42.7 Å². The normalized spacial score (nSPS) is 11.1. The maximum atomic E-state index is 13.6. The first-order valence-corrected chi connectivity index (χ1v) is 14.5. The van der Waals surface area contributed by atoms with Gasteiger partial charge in [0.05, 0.1) is 19.1 Å². The number of halogens is 1. The molecule has 0 aliphatic heterocycles. The first kappa shape index (κ1) is 30.6. The van der Waals surface area contributed by atoms with E-state index in [1.807, 2.05) is 42.0 Å². The Morgan fingerprint density at radius 2 is 1.48 bits per heavy atom. The third-order valence-electron chi connectivity index (χ3n) is 6.48. The molecule has 0 unspecified atom stereocenters. The lowest BCUT2D eigenvalue weighted by Crippen LogP contribution is -2.34. The SMILES string of the molecule is COc1cc(C(=O)N(CCCCC(=O)NS(=O)(=O)c2ccc(F)cc2)CCCc2ccccc2)cc(OC)c1C. The van der Waals surface area contributed by atoms with Gasteiger partial charge in [-0.1, -0.05) is 30.3 Å². The monoisotopic (exact) mass is 570 g/mol. The number of rotatable bonds is 14. The number of nitrogens with one attached hydrogen (secondary N) is 1. The lowest BCUT2D eigenvalue weighted by Gasteiger charge is -2.24. The number of ether oxygens (including phenoxy) is 2. The average molecular weight is 571 g/mol. The smallest absolute Gasteiger partial charge is 0.264 e. The minimum absolute atomic E-state index is 0.0430. The molecule has 8 nitrogen and oxygen atoms in total. The van der Waals surface area contributed by atoms with E-state index in [4.69, 9.17) is 9.47 Å². The molecule has 1 N–H and O–H groups in total. The molecule has 0 aliphatic carbocycles. The standard InChI is InChI=1S/C30H35FN2O6S/c1-22-27(38-2)20-24(21-28(22)39-3)30(35)33(19-9-12-23-10-5-4-6-11-23)18-8-7-13-29(34)32-40(36,37)26-16-14-25(31)15-17-26/h4-6,10-11,14-17,20-21H,7-9,12-13,18-19H2,1-3H3,(H,32,34). The predicted molar refractivity (Wildman–Crippen MR) is 151 cm³/mol. The zero-order chi connectivity index (χ0) is 29.1. The Labute approximate surface area is 235 Å². The van der Waals surface area contributed by atoms with Gasteiger partial charge in [0.25, 0.3) is 15.9 Å². The molecular weight excluding hydrogens is 535 g/mol. The van der Waals surface area contributed by atoms with E-state index in [-0.39, 0.29) is 17.2 Å². The summed E-state index contributed by atoms with van der Waals surface area (Å²) < 4.78 is 50.7. The molecule has 0 spiro atoms. The van der Waals surface area contributed by atoms with Gasteiger partial charge in [-0.2, -0.15) is 0 Å². The Kier molecular flexibility index (Phi) is 11.1. The molecule has 3 aromatic rings. The first-order valence-electron chi connectivity index (χ1n) is 13.0. The molecule has 2 amide bonds. The second-order valence-corrected chi connectivity index (χ2v) is 11.0. The lowest BCUT2D eigenvalue weighted by atomic mass is 10.1. The summed E-state index contributed by atoms with van der Waals surface area (Å²) in [4.78, 5) is 27.4. The van der Waals surface area contributed by atoms with Crippen LogP contribution in [0.4, 0.5) is 4.39 Å². The molecule has 0 aliphatic rings. The Balaban J connectivity index is 1.63. The van der Waals surface area contributed by atoms with Crippen molar-refractivity contribution in [3.63, 3.8) is 0 Å². The quantitative estimate of drug-likeness (QED) is 0.277. The third kappa shape index (κ3) is 8.54. The molecule has 3 aromatic carbocycles. The Hall–Kier alpha value is -3.92. The zero-order valence-electron chi connectivity index (χ0n) is 23.0. The second-order valence-electron chi connectivity index (χ2n) is 9.33. The van der Waals surface area contributed by atoms with Crippen molar-refractivity contribution in [3.05, 3.63) is 89.2 Å². The van der Waals surface area contributed by atoms with Crippen LogP contribution in [0.2, 0.25) is 0 Å². The molecule has 214 valence electrons. The fourth-order valence-corrected chi connectivity index (χ4v) is 5.30. The molecular formula is C30H35FN2O6S. The number of methoxy groups -OCH3 is 2. The lowest BCUT2D eigenvalue weighted by molar-refractivity contribution is -0.119. The van der Waals surface area contributed by atoms with Crippen LogP contribution in [-0.4, -0.2) is 52.4 Å². The molecule has 0 aromatic heterocycles. The molecule has 0 radical (unpaired) electrons. The highest BCUT2D eigenvalue weighted by Gasteiger charge is 2.20. The van der Waals surface area contributed by atoms with E-state index >= 15 is 0 Å². The number of benzene rings is 3. The Morgan fingerprint density at radius 1 is 0.875 bits per heavy atom. The van der Waals surface area contributed by atoms with Gasteiger partial charge >= 0.3 is 0 Å². The summed E-state index contributed by atoms with van der Waals surface area (Å²) in [6.45, 7) is 2.73. The summed E-state index contributed by atoms with van der Waals surface area (Å²) in [5, 5.41) is 0. The number of amides is 2. The molecule has 0 bridgehead atoms. The molecule has 0 saturated heterocycles. The number of hydrogen-bond acceptors (Lipinski definition) is 6. The van der Waals surface area contributed by atoms with Crippen molar-refractivity contribution in [3.8, 4) is 11.5 Å². The fraction of sp³-hybridized carbons (Fsp3) is 0.333. The number of carbonyl (C=O) groups is 2. The van der Waals surface area contributed by atoms with E-state index in [2.05, 4.69) is 0 Å². The van der Waals surface area contributed by atoms with Crippen LogP contribution in [0.1, 0.15) is 47.2 Å². The summed E-state index contributed by atoms with van der Waals surface area (Å²) in [6.07, 6.45) is 2.36. The Morgan fingerprint density at radius 3 is 2.08 bits per heavy atom. The summed E-state index contributed by atoms with van der Waals surface area (Å²) in [5.74, 6) is -0.333. The topological polar surface area (TPSA) is 102 Å². The van der Waals surface area contributed by atoms with Crippen LogP contribution in [0.3, 0.4) is 0 Å². The van der Waals surface area contributed by atoms with Gasteiger partial charge in [-0.15, -0.1) is 0 Å². The molecule has 0 heterocycles. The summed E-state index contributed by atoms with van der Waals surface area (Å²) in [5.41, 5.74) is 2.40. The van der Waals surface area contributed by atoms with Gasteiger partial charge in [0.1, 0.15) is 17.3 Å². The van der Waals surface area contributed by atoms with Gasteiger partial charge in [-0.05, 0) is 74.6 Å². The van der Waals surface area contributed by atoms with Crippen molar-refractivity contribution in [2.45, 2.75) is 43.9 Å². The number of hydrogen-bond donors (Lipinski definition) is 1. The van der Waals surface area contributed by atoms with Crippen LogP contribution in [0.25, 0.3) is 0 Å². The molecule has 0 fully saturated rings. The first-order chi connectivity index (χ1) is 19.1. The largest absolute Gasteiger partial charge is 0.496 e. The van der Waals surface area contributed by atoms with Gasteiger partial charge in [-0.3, -0.25) is 9.59 Å². The molecule has 10 heteroatoms. The van der Waals surface area contributed by atoms with E-state index in [9.17, 15) is 22.4 Å². The van der Waals surface area contributed by atoms with Crippen LogP contribution >= 0.6 is 0 Å². The van der Waals surface area contributed by atoms with Crippen LogP contribution < -0.4 is 14.2 Å². The summed E-state index contributed by atoms with van der Waals surface area (Å²) in [7, 11) is -1.02. The van der Waals surface area contributed by atoms with Crippen LogP contribution in [0.15, 0.2) is 71.6 Å². The minimum Gasteiger partial charge on any atom is -0.496 e. The van der Waals surface area contributed by atoms with Crippen LogP contribution in [-0.2, 0) is 21.2 Å². The van der Waals surface area contributed by atoms with E-state index in [1.165, 1.54) is 19.8 Å². The summed E-state index contributed by atoms with van der Waals surface area (Å²) >= 11 is 0. The maximum absolute atomic E-state index is 13.6. The summed E-state index contributed by atoms with van der Waals surface area (Å²) in [6, 6.07) is 17.6. The van der Waals surface area contributed by atoms with Crippen molar-refractivity contribution in [1.82, 2.24) is 9.62 Å². The number of unbranched alkanes of at least 4 members (excludes halogenated alkanes) is 1. The highest BCUT2D eigenvalue weighted by molar-refractivity contribution is 7.90. The maximum Gasteiger partial charge on any atom is 0.264 e. The van der Waals surface area contributed by atoms with Crippen molar-refractivity contribution in [2.24, 2.45) is 0 Å². The highest BCUT2D eigenvalue weighted by Crippen LogP contribution is 2.30. The van der Waals surface area contributed by atoms with Gasteiger partial charge < -0.3 is 14.4 Å². The number of nitrogens with zero attached hydrogens (tertiary/aromatic N) is 1. The van der Waals surface area contributed by atoms with E-state index in [1.54, 1.807) is 17.0 Å². The minimum atomic E-state index is -4.09. The fourth-order valence-electron chi connectivity index (χ4n) is 4.29. The molecule has 0 atom stereocenters. The van der Waals surface area contributed by atoms with E-state index < -0.39 is 21.7 Å². The van der Waals surface area contributed by atoms with E-state index in [0.29, 0.717) is 43.0 Å². The molecule has 0 saturated carbocycles. The van der Waals surface area contributed by atoms with Crippen molar-refractivity contribution < 1.29 is 31.9 Å². The van der Waals surface area contributed by atoms with Gasteiger partial charge in [0, 0.05) is 30.6 Å². The highest BCUT2D eigenvalue weighted by atomic mass is 32.2. The van der Waals surface area contributed by atoms with Gasteiger partial charge in [-0.25, -0.2) is 17.5 Å². The van der Waals surface area contributed by atoms with Crippen molar-refractivity contribution in [1.29, 1.82) is 0 Å². The number of aryl methyl sites for hydroxylation is 1. The Bertz CT molecular complexity index is 1370. The van der Waals surface area contributed by atoms with Crippen LogP contribution in [0.5, 0.6) is 11.5 Å². The third-order valence-corrected chi connectivity index (χ3v) is 7.87. The van der Waals surface area contributed by atoms with Crippen LogP contribution in [0, 0.1) is 12.7 Å². The average Bonchev–Trinajstić information content (AvgIpc) is 2.94. The van der Waals surface area contributed by atoms with Gasteiger partial charge in [0.2, 0.25) is 5.91 Å². The van der Waals surface area contributed by atoms with Crippen molar-refractivity contribution >= 4 is 21.8 Å². The van der Waals surface area contributed by atoms with Gasteiger partial charge in [0.15, 0.2) is 0 Å². The number of sulfonamides is 1. The molecule has 40 heavy (non-hydrogen) atoms. The predicted octanol–water partition coefficient (Wildman–Crippen LogP) is 4.90. The second kappa shape index (κ2) is 14.5. The zero-order valence-corrected chi connectivity index (χ0v) is 23.8.